The molecule has 0 aromatic heterocycles. The molecule has 0 spiro atoms. The summed E-state index contributed by atoms with van der Waals surface area (Å²) in [6.07, 6.45) is 2.55. The number of nitrogens with one attached hydrogen (secondary N) is 1. The lowest BCUT2D eigenvalue weighted by Gasteiger charge is -2.42. The first kappa shape index (κ1) is 24.4. The molecule has 6 rings (SSSR count). The average Bonchev–Trinajstić information content (AvgIpc) is 3.01. The summed E-state index contributed by atoms with van der Waals surface area (Å²) < 4.78 is 40.0. The largest absolute Gasteiger partial charge is 0.326 e. The van der Waals surface area contributed by atoms with Gasteiger partial charge in [-0.2, -0.15) is 0 Å². The van der Waals surface area contributed by atoms with Crippen LogP contribution in [0.1, 0.15) is 49.9 Å². The first-order valence-corrected chi connectivity index (χ1v) is 14.1. The molecule has 6 nitrogen and oxygen atoms in total. The van der Waals surface area contributed by atoms with Gasteiger partial charge in [-0.05, 0) is 67.7 Å². The molecule has 2 aromatic carbocycles. The topological polar surface area (TPSA) is 83.6 Å². The van der Waals surface area contributed by atoms with E-state index in [0.717, 1.165) is 41.6 Å². The summed E-state index contributed by atoms with van der Waals surface area (Å²) in [5.74, 6) is -1.35. The van der Waals surface area contributed by atoms with Crippen molar-refractivity contribution in [3.8, 4) is 0 Å². The fourth-order valence-corrected chi connectivity index (χ4v) is 7.51. The van der Waals surface area contributed by atoms with E-state index < -0.39 is 26.8 Å². The molecule has 0 atom stereocenters. The van der Waals surface area contributed by atoms with Gasteiger partial charge in [0.25, 0.3) is 5.91 Å². The van der Waals surface area contributed by atoms with Gasteiger partial charge in [-0.15, -0.1) is 0 Å². The second-order valence-electron chi connectivity index (χ2n) is 9.49. The van der Waals surface area contributed by atoms with Crippen molar-refractivity contribution in [2.45, 2.75) is 44.8 Å². The Balaban J connectivity index is 1.28. The normalized spacial score (nSPS) is 20.3. The van der Waals surface area contributed by atoms with Gasteiger partial charge in [-0.3, -0.25) is 9.59 Å². The Hall–Kier alpha value is -3.26. The van der Waals surface area contributed by atoms with Gasteiger partial charge in [0, 0.05) is 36.0 Å². The molecule has 4 aliphatic carbocycles. The SMILES string of the molecule is CCN(C(=O)c1ccc(NC(=O)CC2C3=C4CC(=C2CC3)C4S(=O)(=O)CC)cc1F)c1ccccc1. The highest BCUT2D eigenvalue weighted by atomic mass is 32.2. The molecule has 8 heteroatoms. The zero-order chi connectivity index (χ0) is 25.6. The summed E-state index contributed by atoms with van der Waals surface area (Å²) in [5.41, 5.74) is 5.08. The Morgan fingerprint density at radius 1 is 1.00 bits per heavy atom. The van der Waals surface area contributed by atoms with Crippen LogP contribution in [-0.4, -0.2) is 37.8 Å². The monoisotopic (exact) mass is 508 g/mol. The number of anilines is 2. The highest BCUT2D eigenvalue weighted by Crippen LogP contribution is 2.57. The number of sulfone groups is 1. The molecule has 0 unspecified atom stereocenters. The molecule has 1 N–H and O–H groups in total. The quantitative estimate of drug-likeness (QED) is 0.506. The van der Waals surface area contributed by atoms with Crippen molar-refractivity contribution in [1.82, 2.24) is 0 Å². The fraction of sp³-hybridized carbons (Fsp3) is 0.357. The number of carbonyl (C=O) groups is 2. The zero-order valence-electron chi connectivity index (χ0n) is 20.4. The van der Waals surface area contributed by atoms with Crippen LogP contribution < -0.4 is 10.2 Å². The smallest absolute Gasteiger partial charge is 0.261 e. The van der Waals surface area contributed by atoms with E-state index in [1.54, 1.807) is 19.1 Å². The van der Waals surface area contributed by atoms with Crippen LogP contribution in [0.4, 0.5) is 15.8 Å². The minimum Gasteiger partial charge on any atom is -0.326 e. The predicted octanol–water partition coefficient (Wildman–Crippen LogP) is 5.04. The molecule has 4 bridgehead atoms. The molecule has 2 saturated carbocycles. The molecule has 0 radical (unpaired) electrons. The van der Waals surface area contributed by atoms with E-state index in [1.165, 1.54) is 23.1 Å². The molecule has 188 valence electrons. The van der Waals surface area contributed by atoms with Crippen molar-refractivity contribution in [2.75, 3.05) is 22.5 Å². The summed E-state index contributed by atoms with van der Waals surface area (Å²) in [6.45, 7) is 3.89. The van der Waals surface area contributed by atoms with Crippen LogP contribution >= 0.6 is 0 Å². The third-order valence-electron chi connectivity index (χ3n) is 7.61. The third-order valence-corrected chi connectivity index (χ3v) is 9.70. The van der Waals surface area contributed by atoms with Crippen molar-refractivity contribution in [1.29, 1.82) is 0 Å². The van der Waals surface area contributed by atoms with E-state index in [2.05, 4.69) is 5.32 Å². The molecular weight excluding hydrogens is 479 g/mol. The van der Waals surface area contributed by atoms with E-state index in [1.807, 2.05) is 25.1 Å². The van der Waals surface area contributed by atoms with Crippen molar-refractivity contribution in [3.63, 3.8) is 0 Å². The number of allylic oxidation sites excluding steroid dienone is 2. The average molecular weight is 509 g/mol. The minimum atomic E-state index is -3.18. The van der Waals surface area contributed by atoms with Crippen molar-refractivity contribution < 1.29 is 22.4 Å². The second kappa shape index (κ2) is 9.32. The highest BCUT2D eigenvalue weighted by molar-refractivity contribution is 7.92. The van der Waals surface area contributed by atoms with Gasteiger partial charge in [-0.25, -0.2) is 12.8 Å². The van der Waals surface area contributed by atoms with Gasteiger partial charge >= 0.3 is 0 Å². The number of hydrogen-bond acceptors (Lipinski definition) is 4. The van der Waals surface area contributed by atoms with Crippen LogP contribution in [0.15, 0.2) is 70.8 Å². The predicted molar refractivity (Wildman–Crippen MR) is 138 cm³/mol. The second-order valence-corrected chi connectivity index (χ2v) is 11.9. The number of halogens is 1. The number of amides is 2. The Bertz CT molecular complexity index is 1380. The van der Waals surface area contributed by atoms with Crippen LogP contribution in [-0.2, 0) is 14.6 Å². The number of nitrogens with zero attached hydrogens (tertiary/aromatic N) is 1. The van der Waals surface area contributed by atoms with Gasteiger partial charge in [-0.1, -0.05) is 36.3 Å². The lowest BCUT2D eigenvalue weighted by atomic mass is 9.70. The number of para-hydroxylation sites is 1. The minimum absolute atomic E-state index is 0.0539. The van der Waals surface area contributed by atoms with Gasteiger partial charge in [0.2, 0.25) is 5.91 Å². The van der Waals surface area contributed by atoms with E-state index in [9.17, 15) is 22.4 Å². The van der Waals surface area contributed by atoms with Crippen LogP contribution in [0.5, 0.6) is 0 Å². The molecule has 2 amide bonds. The molecule has 0 saturated heterocycles. The number of rotatable bonds is 8. The molecule has 2 fully saturated rings. The lowest BCUT2D eigenvalue weighted by Crippen LogP contribution is -2.41. The van der Waals surface area contributed by atoms with Crippen LogP contribution in [0.25, 0.3) is 0 Å². The van der Waals surface area contributed by atoms with Gasteiger partial charge in [0.15, 0.2) is 9.84 Å². The first-order chi connectivity index (χ1) is 17.2. The molecule has 0 heterocycles. The summed E-state index contributed by atoms with van der Waals surface area (Å²) >= 11 is 0. The molecule has 0 aliphatic heterocycles. The van der Waals surface area contributed by atoms with E-state index in [4.69, 9.17) is 0 Å². The third kappa shape index (κ3) is 4.07. The molecular formula is C28H29FN2O4S. The van der Waals surface area contributed by atoms with Crippen LogP contribution in [0.3, 0.4) is 0 Å². The number of carbonyl (C=O) groups excluding carboxylic acids is 2. The maximum Gasteiger partial charge on any atom is 0.261 e. The van der Waals surface area contributed by atoms with Crippen molar-refractivity contribution in [2.24, 2.45) is 5.92 Å². The lowest BCUT2D eigenvalue weighted by molar-refractivity contribution is -0.116. The maximum atomic E-state index is 14.9. The number of benzene rings is 2. The fourth-order valence-electron chi connectivity index (χ4n) is 5.84. The van der Waals surface area contributed by atoms with Crippen LogP contribution in [0.2, 0.25) is 0 Å². The number of hydrogen-bond donors (Lipinski definition) is 1. The maximum absolute atomic E-state index is 14.9. The Morgan fingerprint density at radius 2 is 1.67 bits per heavy atom. The van der Waals surface area contributed by atoms with Crippen molar-refractivity contribution in [3.05, 3.63) is 82.2 Å². The summed E-state index contributed by atoms with van der Waals surface area (Å²) in [7, 11) is -3.18. The molecule has 36 heavy (non-hydrogen) atoms. The summed E-state index contributed by atoms with van der Waals surface area (Å²) in [4.78, 5) is 27.3. The Morgan fingerprint density at radius 3 is 2.25 bits per heavy atom. The van der Waals surface area contributed by atoms with Gasteiger partial charge < -0.3 is 10.2 Å². The summed E-state index contributed by atoms with van der Waals surface area (Å²) in [6, 6.07) is 13.2. The van der Waals surface area contributed by atoms with Crippen molar-refractivity contribution >= 4 is 33.0 Å². The van der Waals surface area contributed by atoms with Gasteiger partial charge in [0.1, 0.15) is 11.1 Å². The Labute approximate surface area is 210 Å². The Kier molecular flexibility index (Phi) is 6.32. The van der Waals surface area contributed by atoms with E-state index in [-0.39, 0.29) is 35.2 Å². The van der Waals surface area contributed by atoms with Gasteiger partial charge in [0.05, 0.1) is 5.56 Å². The summed E-state index contributed by atoms with van der Waals surface area (Å²) in [5, 5.41) is 2.29. The highest BCUT2D eigenvalue weighted by Gasteiger charge is 2.51. The molecule has 4 aliphatic rings. The zero-order valence-corrected chi connectivity index (χ0v) is 21.2. The van der Waals surface area contributed by atoms with E-state index in [0.29, 0.717) is 12.2 Å². The standard InChI is InChI=1S/C28H29FN2O4S/c1-3-31(18-8-6-5-7-9-18)28(33)21-11-10-17(14-25(21)29)30-26(32)16-22-19-12-13-20(22)24-15-23(19)27(24)36(34,35)4-2/h5-11,14,22,27H,3-4,12-13,15-16H2,1-2H3,(H,30,32). The van der Waals surface area contributed by atoms with E-state index >= 15 is 0 Å². The molecule has 2 aromatic rings. The first-order valence-electron chi connectivity index (χ1n) is 12.4. The van der Waals surface area contributed by atoms with Crippen LogP contribution in [0, 0.1) is 11.7 Å².